The number of hydrogen-bond acceptors (Lipinski definition) is 3. The molecule has 0 aliphatic rings. The Morgan fingerprint density at radius 3 is 2.78 bits per heavy atom. The summed E-state index contributed by atoms with van der Waals surface area (Å²) in [4.78, 5) is 0. The van der Waals surface area contributed by atoms with E-state index < -0.39 is 0 Å². The Hall–Kier alpha value is 0.330. The average Bonchev–Trinajstić information content (AvgIpc) is 2.17. The monoisotopic (exact) mass is 226 g/mol. The van der Waals surface area contributed by atoms with Crippen LogP contribution in [0.4, 0.5) is 0 Å². The number of aryl methyl sites for hydroxylation is 1. The van der Waals surface area contributed by atoms with Crippen LogP contribution >= 0.6 is 38.9 Å². The first-order chi connectivity index (χ1) is 4.33. The van der Waals surface area contributed by atoms with Crippen molar-refractivity contribution in [3.63, 3.8) is 0 Å². The molecular formula is C4H4BrClN2S. The van der Waals surface area contributed by atoms with Gasteiger partial charge < -0.3 is 0 Å². The van der Waals surface area contributed by atoms with Crippen LogP contribution in [-0.4, -0.2) is 15.5 Å². The SMILES string of the molecule is Clc1nnc(CCBr)s1. The normalized spacial score (nSPS) is 10.0. The van der Waals surface area contributed by atoms with Crippen LogP contribution in [0.15, 0.2) is 0 Å². The largest absolute Gasteiger partial charge is 0.207 e. The maximum absolute atomic E-state index is 5.53. The molecule has 0 unspecified atom stereocenters. The number of alkyl halides is 1. The molecule has 0 saturated carbocycles. The van der Waals surface area contributed by atoms with Gasteiger partial charge in [-0.2, -0.15) is 0 Å². The van der Waals surface area contributed by atoms with E-state index in [4.69, 9.17) is 11.6 Å². The summed E-state index contributed by atoms with van der Waals surface area (Å²) in [5.41, 5.74) is 0. The fraction of sp³-hybridized carbons (Fsp3) is 0.500. The number of nitrogens with zero attached hydrogens (tertiary/aromatic N) is 2. The first-order valence-electron chi connectivity index (χ1n) is 2.37. The summed E-state index contributed by atoms with van der Waals surface area (Å²) in [6.07, 6.45) is 0.907. The van der Waals surface area contributed by atoms with Gasteiger partial charge in [0, 0.05) is 11.8 Å². The summed E-state index contributed by atoms with van der Waals surface area (Å²) in [7, 11) is 0. The summed E-state index contributed by atoms with van der Waals surface area (Å²) in [5, 5.41) is 9.36. The molecule has 0 spiro atoms. The van der Waals surface area contributed by atoms with Gasteiger partial charge in [0.25, 0.3) is 0 Å². The van der Waals surface area contributed by atoms with Gasteiger partial charge in [0.1, 0.15) is 5.01 Å². The first-order valence-corrected chi connectivity index (χ1v) is 4.68. The Labute approximate surface area is 70.4 Å². The number of aromatic nitrogens is 2. The van der Waals surface area contributed by atoms with Gasteiger partial charge in [-0.25, -0.2) is 0 Å². The van der Waals surface area contributed by atoms with E-state index in [-0.39, 0.29) is 0 Å². The molecule has 9 heavy (non-hydrogen) atoms. The van der Waals surface area contributed by atoms with E-state index in [0.29, 0.717) is 4.47 Å². The molecule has 0 atom stereocenters. The molecule has 0 aliphatic carbocycles. The van der Waals surface area contributed by atoms with Crippen molar-refractivity contribution in [1.29, 1.82) is 0 Å². The molecule has 50 valence electrons. The zero-order chi connectivity index (χ0) is 6.69. The lowest BCUT2D eigenvalue weighted by Crippen LogP contribution is -1.82. The highest BCUT2D eigenvalue weighted by molar-refractivity contribution is 9.09. The van der Waals surface area contributed by atoms with Crippen molar-refractivity contribution in [3.8, 4) is 0 Å². The third-order valence-corrected chi connectivity index (χ3v) is 2.23. The Kier molecular flexibility index (Phi) is 2.88. The van der Waals surface area contributed by atoms with E-state index in [1.165, 1.54) is 11.3 Å². The molecule has 1 heterocycles. The Morgan fingerprint density at radius 1 is 1.56 bits per heavy atom. The minimum atomic E-state index is 0.519. The molecular weight excluding hydrogens is 223 g/mol. The lowest BCUT2D eigenvalue weighted by Gasteiger charge is -1.81. The Bertz CT molecular complexity index is 190. The van der Waals surface area contributed by atoms with Crippen LogP contribution in [0.25, 0.3) is 0 Å². The molecule has 0 radical (unpaired) electrons. The van der Waals surface area contributed by atoms with Crippen LogP contribution in [0.1, 0.15) is 5.01 Å². The Balaban J connectivity index is 2.61. The molecule has 5 heteroatoms. The van der Waals surface area contributed by atoms with Gasteiger partial charge in [0.15, 0.2) is 0 Å². The van der Waals surface area contributed by atoms with Gasteiger partial charge in [0.05, 0.1) is 0 Å². The van der Waals surface area contributed by atoms with Gasteiger partial charge in [-0.15, -0.1) is 10.2 Å². The number of rotatable bonds is 2. The van der Waals surface area contributed by atoms with Crippen LogP contribution in [0.5, 0.6) is 0 Å². The van der Waals surface area contributed by atoms with Gasteiger partial charge in [-0.3, -0.25) is 0 Å². The summed E-state index contributed by atoms with van der Waals surface area (Å²) in [6.45, 7) is 0. The summed E-state index contributed by atoms with van der Waals surface area (Å²) in [5.74, 6) is 0. The van der Waals surface area contributed by atoms with Crippen molar-refractivity contribution in [2.75, 3.05) is 5.33 Å². The number of hydrogen-bond donors (Lipinski definition) is 0. The molecule has 1 aromatic heterocycles. The van der Waals surface area contributed by atoms with Crippen LogP contribution in [0, 0.1) is 0 Å². The minimum Gasteiger partial charge on any atom is -0.142 e. The zero-order valence-electron chi connectivity index (χ0n) is 4.47. The van der Waals surface area contributed by atoms with Gasteiger partial charge >= 0.3 is 0 Å². The summed E-state index contributed by atoms with van der Waals surface area (Å²) < 4.78 is 0.519. The third kappa shape index (κ3) is 2.20. The molecule has 0 saturated heterocycles. The second-order valence-corrected chi connectivity index (χ2v) is 3.82. The zero-order valence-corrected chi connectivity index (χ0v) is 7.63. The van der Waals surface area contributed by atoms with Crippen LogP contribution in [-0.2, 0) is 6.42 Å². The van der Waals surface area contributed by atoms with Crippen molar-refractivity contribution < 1.29 is 0 Å². The molecule has 0 N–H and O–H groups in total. The second kappa shape index (κ2) is 3.49. The summed E-state index contributed by atoms with van der Waals surface area (Å²) in [6, 6.07) is 0. The molecule has 0 aliphatic heterocycles. The summed E-state index contributed by atoms with van der Waals surface area (Å²) >= 11 is 10.2. The van der Waals surface area contributed by atoms with Crippen LogP contribution in [0.2, 0.25) is 4.47 Å². The van der Waals surface area contributed by atoms with E-state index in [1.54, 1.807) is 0 Å². The van der Waals surface area contributed by atoms with Crippen molar-refractivity contribution in [2.45, 2.75) is 6.42 Å². The molecule has 2 nitrogen and oxygen atoms in total. The van der Waals surface area contributed by atoms with Gasteiger partial charge in [-0.05, 0) is 11.6 Å². The van der Waals surface area contributed by atoms with Crippen molar-refractivity contribution in [3.05, 3.63) is 9.47 Å². The topological polar surface area (TPSA) is 25.8 Å². The lowest BCUT2D eigenvalue weighted by molar-refractivity contribution is 0.993. The lowest BCUT2D eigenvalue weighted by atomic mass is 10.5. The Morgan fingerprint density at radius 2 is 2.33 bits per heavy atom. The number of halogens is 2. The minimum absolute atomic E-state index is 0.519. The van der Waals surface area contributed by atoms with Crippen LogP contribution < -0.4 is 0 Å². The molecule has 0 amide bonds. The molecule has 0 aromatic carbocycles. The van der Waals surface area contributed by atoms with E-state index in [9.17, 15) is 0 Å². The third-order valence-electron chi connectivity index (χ3n) is 0.751. The maximum atomic E-state index is 5.53. The molecule has 1 aromatic rings. The van der Waals surface area contributed by atoms with E-state index in [0.717, 1.165) is 16.8 Å². The molecule has 1 rings (SSSR count). The fourth-order valence-corrected chi connectivity index (χ4v) is 1.92. The highest BCUT2D eigenvalue weighted by Gasteiger charge is 1.98. The van der Waals surface area contributed by atoms with Crippen LogP contribution in [0.3, 0.4) is 0 Å². The van der Waals surface area contributed by atoms with Crippen molar-refractivity contribution in [1.82, 2.24) is 10.2 Å². The molecule has 0 fully saturated rings. The highest BCUT2D eigenvalue weighted by Crippen LogP contribution is 2.15. The van der Waals surface area contributed by atoms with E-state index in [2.05, 4.69) is 26.1 Å². The first kappa shape index (κ1) is 7.44. The second-order valence-electron chi connectivity index (χ2n) is 1.39. The predicted molar refractivity (Wildman–Crippen MR) is 42.4 cm³/mol. The average molecular weight is 228 g/mol. The standard InChI is InChI=1S/C4H4BrClN2S/c5-2-1-3-7-8-4(6)9-3/h1-2H2. The fourth-order valence-electron chi connectivity index (χ4n) is 0.415. The van der Waals surface area contributed by atoms with Crippen molar-refractivity contribution in [2.24, 2.45) is 0 Å². The van der Waals surface area contributed by atoms with Gasteiger partial charge in [-0.1, -0.05) is 27.3 Å². The smallest absolute Gasteiger partial charge is 0.142 e. The maximum Gasteiger partial charge on any atom is 0.207 e. The quantitative estimate of drug-likeness (QED) is 0.724. The van der Waals surface area contributed by atoms with Crippen molar-refractivity contribution >= 4 is 38.9 Å². The van der Waals surface area contributed by atoms with E-state index >= 15 is 0 Å². The van der Waals surface area contributed by atoms with E-state index in [1.807, 2.05) is 0 Å². The van der Waals surface area contributed by atoms with Gasteiger partial charge in [0.2, 0.25) is 4.47 Å². The molecule has 0 bridgehead atoms. The predicted octanol–water partition coefficient (Wildman–Crippen LogP) is 2.13. The highest BCUT2D eigenvalue weighted by atomic mass is 79.9.